The van der Waals surface area contributed by atoms with Gasteiger partial charge in [0.25, 0.3) is 0 Å². The van der Waals surface area contributed by atoms with Gasteiger partial charge < -0.3 is 10.2 Å². The molecule has 5 nitrogen and oxygen atoms in total. The summed E-state index contributed by atoms with van der Waals surface area (Å²) in [5.74, 6) is -2.51. The summed E-state index contributed by atoms with van der Waals surface area (Å²) in [6, 6.07) is 21.1. The third-order valence-electron chi connectivity index (χ3n) is 2.96. The summed E-state index contributed by atoms with van der Waals surface area (Å²) in [7, 11) is 2.15. The maximum Gasteiger partial charge on any atom is 0.328 e. The molecule has 0 heterocycles. The second kappa shape index (κ2) is 10.7. The molecule has 5 heteroatoms. The van der Waals surface area contributed by atoms with Gasteiger partial charge in [-0.3, -0.25) is 4.90 Å². The number of rotatable bonds is 6. The minimum Gasteiger partial charge on any atom is -0.478 e. The highest BCUT2D eigenvalue weighted by molar-refractivity contribution is 5.89. The van der Waals surface area contributed by atoms with Crippen molar-refractivity contribution in [2.45, 2.75) is 13.1 Å². The van der Waals surface area contributed by atoms with Crippen molar-refractivity contribution in [1.82, 2.24) is 4.90 Å². The maximum absolute atomic E-state index is 9.55. The summed E-state index contributed by atoms with van der Waals surface area (Å²) in [5.41, 5.74) is 2.72. The van der Waals surface area contributed by atoms with Crippen LogP contribution in [0.2, 0.25) is 0 Å². The van der Waals surface area contributed by atoms with Gasteiger partial charge in [-0.15, -0.1) is 0 Å². The van der Waals surface area contributed by atoms with Gasteiger partial charge in [-0.25, -0.2) is 9.59 Å². The average Bonchev–Trinajstić information content (AvgIpc) is 2.55. The van der Waals surface area contributed by atoms with Gasteiger partial charge in [0.15, 0.2) is 0 Å². The minimum atomic E-state index is -1.26. The van der Waals surface area contributed by atoms with Gasteiger partial charge >= 0.3 is 11.9 Å². The Hall–Kier alpha value is -2.92. The van der Waals surface area contributed by atoms with E-state index in [1.165, 1.54) is 11.1 Å². The van der Waals surface area contributed by atoms with Crippen molar-refractivity contribution in [3.8, 4) is 0 Å². The van der Waals surface area contributed by atoms with Crippen LogP contribution in [0.5, 0.6) is 0 Å². The third-order valence-corrected chi connectivity index (χ3v) is 2.96. The molecule has 0 aromatic heterocycles. The quantitative estimate of drug-likeness (QED) is 0.798. The van der Waals surface area contributed by atoms with Crippen LogP contribution in [0.1, 0.15) is 11.1 Å². The van der Waals surface area contributed by atoms with E-state index >= 15 is 0 Å². The lowest BCUT2D eigenvalue weighted by Gasteiger charge is -2.16. The predicted molar refractivity (Wildman–Crippen MR) is 92.5 cm³/mol. The fourth-order valence-corrected chi connectivity index (χ4v) is 1.99. The summed E-state index contributed by atoms with van der Waals surface area (Å²) in [5, 5.41) is 15.6. The van der Waals surface area contributed by atoms with E-state index in [0.717, 1.165) is 13.1 Å². The first-order chi connectivity index (χ1) is 11.5. The molecule has 0 aliphatic heterocycles. The molecule has 0 amide bonds. The molecule has 0 unspecified atom stereocenters. The SMILES string of the molecule is CN(Cc1ccccc1)Cc1ccccc1.O=C(O)C=CC(=O)O. The fourth-order valence-electron chi connectivity index (χ4n) is 1.99. The summed E-state index contributed by atoms with van der Waals surface area (Å²) < 4.78 is 0. The van der Waals surface area contributed by atoms with E-state index in [9.17, 15) is 9.59 Å². The van der Waals surface area contributed by atoms with E-state index in [-0.39, 0.29) is 0 Å². The smallest absolute Gasteiger partial charge is 0.328 e. The zero-order valence-corrected chi connectivity index (χ0v) is 13.5. The molecule has 0 saturated carbocycles. The first-order valence-corrected chi connectivity index (χ1v) is 7.37. The lowest BCUT2D eigenvalue weighted by atomic mass is 10.2. The first kappa shape index (κ1) is 19.1. The Kier molecular flexibility index (Phi) is 8.57. The second-order valence-corrected chi connectivity index (χ2v) is 5.15. The number of benzene rings is 2. The summed E-state index contributed by atoms with van der Waals surface area (Å²) in [4.78, 5) is 21.4. The topological polar surface area (TPSA) is 77.8 Å². The Balaban J connectivity index is 0.000000307. The highest BCUT2D eigenvalue weighted by Gasteiger charge is 2.00. The van der Waals surface area contributed by atoms with Crippen molar-refractivity contribution in [1.29, 1.82) is 0 Å². The van der Waals surface area contributed by atoms with Gasteiger partial charge in [0.1, 0.15) is 0 Å². The van der Waals surface area contributed by atoms with Crippen molar-refractivity contribution in [3.63, 3.8) is 0 Å². The van der Waals surface area contributed by atoms with E-state index < -0.39 is 11.9 Å². The van der Waals surface area contributed by atoms with Crippen molar-refractivity contribution < 1.29 is 19.8 Å². The lowest BCUT2D eigenvalue weighted by Crippen LogP contribution is -2.16. The van der Waals surface area contributed by atoms with E-state index in [1.807, 2.05) is 0 Å². The van der Waals surface area contributed by atoms with Crippen LogP contribution in [0.15, 0.2) is 72.8 Å². The average molecular weight is 327 g/mol. The molecular weight excluding hydrogens is 306 g/mol. The Bertz CT molecular complexity index is 596. The Morgan fingerprint density at radius 3 is 1.42 bits per heavy atom. The first-order valence-electron chi connectivity index (χ1n) is 7.37. The van der Waals surface area contributed by atoms with Gasteiger partial charge in [0.05, 0.1) is 0 Å². The van der Waals surface area contributed by atoms with Crippen molar-refractivity contribution >= 4 is 11.9 Å². The molecule has 0 aliphatic carbocycles. The van der Waals surface area contributed by atoms with Crippen LogP contribution in [-0.2, 0) is 22.7 Å². The van der Waals surface area contributed by atoms with Crippen LogP contribution < -0.4 is 0 Å². The summed E-state index contributed by atoms with van der Waals surface area (Å²) >= 11 is 0. The molecule has 2 rings (SSSR count). The molecule has 0 atom stereocenters. The lowest BCUT2D eigenvalue weighted by molar-refractivity contribution is -0.134. The maximum atomic E-state index is 9.55. The van der Waals surface area contributed by atoms with Gasteiger partial charge in [-0.1, -0.05) is 60.7 Å². The molecule has 0 saturated heterocycles. The monoisotopic (exact) mass is 327 g/mol. The van der Waals surface area contributed by atoms with Crippen molar-refractivity contribution in [2.24, 2.45) is 0 Å². The predicted octanol–water partition coefficient (Wildman–Crippen LogP) is 3.03. The minimum absolute atomic E-state index is 0.558. The Labute approximate surface area is 141 Å². The number of nitrogens with zero attached hydrogens (tertiary/aromatic N) is 1. The van der Waals surface area contributed by atoms with Crippen molar-refractivity contribution in [2.75, 3.05) is 7.05 Å². The molecule has 2 N–H and O–H groups in total. The largest absolute Gasteiger partial charge is 0.478 e. The zero-order valence-electron chi connectivity index (χ0n) is 13.5. The van der Waals surface area contributed by atoms with E-state index in [4.69, 9.17) is 10.2 Å². The number of hydrogen-bond donors (Lipinski definition) is 2. The van der Waals surface area contributed by atoms with Crippen LogP contribution in [-0.4, -0.2) is 34.1 Å². The molecule has 0 fully saturated rings. The van der Waals surface area contributed by atoms with Crippen LogP contribution in [0.25, 0.3) is 0 Å². The zero-order chi connectivity index (χ0) is 17.8. The second-order valence-electron chi connectivity index (χ2n) is 5.15. The molecule has 0 bridgehead atoms. The molecular formula is C19H21NO4. The number of hydrogen-bond acceptors (Lipinski definition) is 3. The van der Waals surface area contributed by atoms with Gasteiger partial charge in [0.2, 0.25) is 0 Å². The van der Waals surface area contributed by atoms with E-state index in [0.29, 0.717) is 12.2 Å². The van der Waals surface area contributed by atoms with Gasteiger partial charge in [-0.05, 0) is 18.2 Å². The fraction of sp³-hybridized carbons (Fsp3) is 0.158. The number of carboxylic acid groups (broad SMARTS) is 2. The Morgan fingerprint density at radius 2 is 1.12 bits per heavy atom. The third kappa shape index (κ3) is 9.17. The Morgan fingerprint density at radius 1 is 0.792 bits per heavy atom. The molecule has 0 radical (unpaired) electrons. The number of carbonyl (C=O) groups is 2. The van der Waals surface area contributed by atoms with Gasteiger partial charge in [0, 0.05) is 25.2 Å². The van der Waals surface area contributed by atoms with Gasteiger partial charge in [-0.2, -0.15) is 0 Å². The summed E-state index contributed by atoms with van der Waals surface area (Å²) in [6.45, 7) is 1.99. The molecule has 24 heavy (non-hydrogen) atoms. The standard InChI is InChI=1S/C15H17N.C4H4O4/c1-16(12-14-8-4-2-5-9-14)13-15-10-6-3-7-11-15;5-3(6)1-2-4(7)8/h2-11H,12-13H2,1H3;1-2H,(H,5,6)(H,7,8). The molecule has 0 spiro atoms. The van der Waals surface area contributed by atoms with Crippen LogP contribution >= 0.6 is 0 Å². The molecule has 2 aromatic carbocycles. The highest BCUT2D eigenvalue weighted by Crippen LogP contribution is 2.07. The highest BCUT2D eigenvalue weighted by atomic mass is 16.4. The molecule has 126 valence electrons. The number of carboxylic acids is 2. The van der Waals surface area contributed by atoms with Crippen LogP contribution in [0, 0.1) is 0 Å². The van der Waals surface area contributed by atoms with Crippen LogP contribution in [0.3, 0.4) is 0 Å². The number of aliphatic carboxylic acids is 2. The van der Waals surface area contributed by atoms with E-state index in [2.05, 4.69) is 72.6 Å². The van der Waals surface area contributed by atoms with E-state index in [1.54, 1.807) is 0 Å². The summed E-state index contributed by atoms with van der Waals surface area (Å²) in [6.07, 6.45) is 1.12. The van der Waals surface area contributed by atoms with Crippen LogP contribution in [0.4, 0.5) is 0 Å². The van der Waals surface area contributed by atoms with Crippen molar-refractivity contribution in [3.05, 3.63) is 83.9 Å². The molecule has 0 aliphatic rings. The molecule has 2 aromatic rings. The normalized spacial score (nSPS) is 10.2.